The number of likely N-dealkylation sites (tertiary alicyclic amines) is 1. The monoisotopic (exact) mass is 353 g/mol. The van der Waals surface area contributed by atoms with Crippen LogP contribution in [0.2, 0.25) is 0 Å². The maximum atomic E-state index is 13.4. The lowest BCUT2D eigenvalue weighted by atomic mass is 9.80. The van der Waals surface area contributed by atoms with Crippen molar-refractivity contribution >= 4 is 11.9 Å². The highest BCUT2D eigenvalue weighted by atomic mass is 19.1. The standard InChI is InChI=1S/C18H24FNO5/c1-24-13-18(17(22)23)9-5-10-20(12-18)16(21)8-4-11-25-15-7-3-2-6-14(15)19/h2-3,6-7H,4-5,8-13H2,1H3,(H,22,23). The number of hydrogen-bond acceptors (Lipinski definition) is 4. The van der Waals surface area contributed by atoms with Gasteiger partial charge in [-0.1, -0.05) is 12.1 Å². The average Bonchev–Trinajstić information content (AvgIpc) is 2.60. The lowest BCUT2D eigenvalue weighted by Gasteiger charge is -2.39. The van der Waals surface area contributed by atoms with Crippen LogP contribution in [0.5, 0.6) is 5.75 Å². The first kappa shape index (κ1) is 19.2. The smallest absolute Gasteiger partial charge is 0.313 e. The molecule has 1 atom stereocenters. The van der Waals surface area contributed by atoms with Gasteiger partial charge in [-0.2, -0.15) is 0 Å². The molecule has 0 aromatic heterocycles. The second kappa shape index (κ2) is 8.80. The molecule has 1 fully saturated rings. The maximum Gasteiger partial charge on any atom is 0.313 e. The van der Waals surface area contributed by atoms with Crippen LogP contribution in [0.4, 0.5) is 4.39 Å². The summed E-state index contributed by atoms with van der Waals surface area (Å²) in [4.78, 5) is 25.5. The molecule has 1 heterocycles. The average molecular weight is 353 g/mol. The number of nitrogens with zero attached hydrogens (tertiary/aromatic N) is 1. The van der Waals surface area contributed by atoms with Crippen molar-refractivity contribution in [1.82, 2.24) is 4.90 Å². The Bertz CT molecular complexity index is 605. The van der Waals surface area contributed by atoms with Crippen molar-refractivity contribution in [3.05, 3.63) is 30.1 Å². The fourth-order valence-electron chi connectivity index (χ4n) is 3.10. The first-order valence-electron chi connectivity index (χ1n) is 8.36. The van der Waals surface area contributed by atoms with Gasteiger partial charge in [0.1, 0.15) is 5.41 Å². The molecule has 1 aromatic carbocycles. The van der Waals surface area contributed by atoms with Gasteiger partial charge in [-0.25, -0.2) is 4.39 Å². The molecule has 7 heteroatoms. The summed E-state index contributed by atoms with van der Waals surface area (Å²) in [6.07, 6.45) is 1.80. The number of para-hydroxylation sites is 1. The number of halogens is 1. The second-order valence-electron chi connectivity index (χ2n) is 6.32. The number of carbonyl (C=O) groups is 2. The molecule has 1 aliphatic heterocycles. The number of rotatable bonds is 8. The molecule has 0 saturated carbocycles. The van der Waals surface area contributed by atoms with E-state index >= 15 is 0 Å². The van der Waals surface area contributed by atoms with E-state index in [1.165, 1.54) is 19.2 Å². The van der Waals surface area contributed by atoms with E-state index in [1.807, 2.05) is 0 Å². The molecule has 0 spiro atoms. The van der Waals surface area contributed by atoms with E-state index in [0.717, 1.165) is 0 Å². The minimum absolute atomic E-state index is 0.0858. The van der Waals surface area contributed by atoms with Crippen LogP contribution < -0.4 is 4.74 Å². The predicted octanol–water partition coefficient (Wildman–Crippen LogP) is 2.32. The number of benzene rings is 1. The van der Waals surface area contributed by atoms with Crippen LogP contribution in [0.1, 0.15) is 25.7 Å². The molecule has 2 rings (SSSR count). The molecule has 1 saturated heterocycles. The third-order valence-corrected chi connectivity index (χ3v) is 4.43. The van der Waals surface area contributed by atoms with E-state index in [2.05, 4.69) is 0 Å². The van der Waals surface area contributed by atoms with Crippen molar-refractivity contribution in [1.29, 1.82) is 0 Å². The zero-order valence-electron chi connectivity index (χ0n) is 14.4. The van der Waals surface area contributed by atoms with Gasteiger partial charge in [-0.3, -0.25) is 9.59 Å². The van der Waals surface area contributed by atoms with Gasteiger partial charge in [0.25, 0.3) is 0 Å². The molecule has 1 amide bonds. The zero-order valence-corrected chi connectivity index (χ0v) is 14.4. The Morgan fingerprint density at radius 3 is 2.80 bits per heavy atom. The highest BCUT2D eigenvalue weighted by Crippen LogP contribution is 2.31. The maximum absolute atomic E-state index is 13.4. The van der Waals surface area contributed by atoms with Crippen LogP contribution in [-0.2, 0) is 14.3 Å². The van der Waals surface area contributed by atoms with Crippen molar-refractivity contribution < 1.29 is 28.6 Å². The Kier molecular flexibility index (Phi) is 6.75. The third-order valence-electron chi connectivity index (χ3n) is 4.43. The van der Waals surface area contributed by atoms with Gasteiger partial charge in [0.2, 0.25) is 5.91 Å². The van der Waals surface area contributed by atoms with Crippen molar-refractivity contribution in [3.63, 3.8) is 0 Å². The molecule has 1 unspecified atom stereocenters. The van der Waals surface area contributed by atoms with E-state index in [9.17, 15) is 19.1 Å². The van der Waals surface area contributed by atoms with Gasteiger partial charge < -0.3 is 19.5 Å². The van der Waals surface area contributed by atoms with Crippen molar-refractivity contribution in [3.8, 4) is 5.75 Å². The molecule has 138 valence electrons. The predicted molar refractivity (Wildman–Crippen MR) is 88.9 cm³/mol. The topological polar surface area (TPSA) is 76.1 Å². The Labute approximate surface area is 146 Å². The van der Waals surface area contributed by atoms with Crippen LogP contribution in [0.25, 0.3) is 0 Å². The lowest BCUT2D eigenvalue weighted by Crippen LogP contribution is -2.52. The molecule has 0 bridgehead atoms. The molecule has 0 aliphatic carbocycles. The second-order valence-corrected chi connectivity index (χ2v) is 6.32. The first-order valence-corrected chi connectivity index (χ1v) is 8.36. The van der Waals surface area contributed by atoms with Gasteiger partial charge in [0, 0.05) is 26.6 Å². The largest absolute Gasteiger partial charge is 0.491 e. The van der Waals surface area contributed by atoms with E-state index in [-0.39, 0.29) is 37.8 Å². The fourth-order valence-corrected chi connectivity index (χ4v) is 3.10. The van der Waals surface area contributed by atoms with E-state index in [4.69, 9.17) is 9.47 Å². The van der Waals surface area contributed by atoms with E-state index in [0.29, 0.717) is 25.8 Å². The summed E-state index contributed by atoms with van der Waals surface area (Å²) >= 11 is 0. The van der Waals surface area contributed by atoms with Gasteiger partial charge in [0.05, 0.1) is 13.2 Å². The highest BCUT2D eigenvalue weighted by Gasteiger charge is 2.43. The number of carboxylic acid groups (broad SMARTS) is 1. The van der Waals surface area contributed by atoms with Crippen molar-refractivity contribution in [2.75, 3.05) is 33.4 Å². The van der Waals surface area contributed by atoms with Crippen LogP contribution in [0.3, 0.4) is 0 Å². The molecular weight excluding hydrogens is 329 g/mol. The van der Waals surface area contributed by atoms with Gasteiger partial charge in [0.15, 0.2) is 11.6 Å². The zero-order chi connectivity index (χ0) is 18.3. The molecule has 1 aliphatic rings. The summed E-state index contributed by atoms with van der Waals surface area (Å²) in [6.45, 7) is 1.01. The van der Waals surface area contributed by atoms with Crippen LogP contribution in [0, 0.1) is 11.2 Å². The molecular formula is C18H24FNO5. The summed E-state index contributed by atoms with van der Waals surface area (Å²) < 4.78 is 23.8. The fraction of sp³-hybridized carbons (Fsp3) is 0.556. The Morgan fingerprint density at radius 2 is 2.12 bits per heavy atom. The number of carboxylic acids is 1. The quantitative estimate of drug-likeness (QED) is 0.726. The van der Waals surface area contributed by atoms with Crippen LogP contribution >= 0.6 is 0 Å². The van der Waals surface area contributed by atoms with Crippen molar-refractivity contribution in [2.24, 2.45) is 5.41 Å². The molecule has 25 heavy (non-hydrogen) atoms. The summed E-state index contributed by atoms with van der Waals surface area (Å²) in [5, 5.41) is 9.51. The minimum atomic E-state index is -1.04. The normalized spacial score (nSPS) is 20.3. The highest BCUT2D eigenvalue weighted by molar-refractivity contribution is 5.79. The summed E-state index contributed by atoms with van der Waals surface area (Å²) in [5.41, 5.74) is -1.04. The summed E-state index contributed by atoms with van der Waals surface area (Å²) in [6, 6.07) is 6.11. The summed E-state index contributed by atoms with van der Waals surface area (Å²) in [5.74, 6) is -1.32. The lowest BCUT2D eigenvalue weighted by molar-refractivity contribution is -0.159. The van der Waals surface area contributed by atoms with Crippen LogP contribution in [-0.4, -0.2) is 55.3 Å². The van der Waals surface area contributed by atoms with E-state index < -0.39 is 17.2 Å². The van der Waals surface area contributed by atoms with Crippen LogP contribution in [0.15, 0.2) is 24.3 Å². The number of carbonyl (C=O) groups excluding carboxylic acids is 1. The number of hydrogen-bond donors (Lipinski definition) is 1. The molecule has 6 nitrogen and oxygen atoms in total. The third kappa shape index (κ3) is 4.92. The number of ether oxygens (including phenoxy) is 2. The molecule has 0 radical (unpaired) electrons. The van der Waals surface area contributed by atoms with Gasteiger partial charge in [-0.05, 0) is 31.4 Å². The number of piperidine rings is 1. The Hall–Kier alpha value is -2.15. The SMILES string of the molecule is COCC1(C(=O)O)CCCN(C(=O)CCCOc2ccccc2F)C1. The first-order chi connectivity index (χ1) is 12.0. The van der Waals surface area contributed by atoms with E-state index in [1.54, 1.807) is 17.0 Å². The van der Waals surface area contributed by atoms with Crippen molar-refractivity contribution in [2.45, 2.75) is 25.7 Å². The Balaban J connectivity index is 1.82. The number of amides is 1. The minimum Gasteiger partial charge on any atom is -0.491 e. The Morgan fingerprint density at radius 1 is 1.36 bits per heavy atom. The van der Waals surface area contributed by atoms with Gasteiger partial charge >= 0.3 is 5.97 Å². The number of aliphatic carboxylic acids is 1. The summed E-state index contributed by atoms with van der Waals surface area (Å²) in [7, 11) is 1.46. The molecule has 1 aromatic rings. The van der Waals surface area contributed by atoms with Gasteiger partial charge in [-0.15, -0.1) is 0 Å². The number of methoxy groups -OCH3 is 1. The molecule has 1 N–H and O–H groups in total.